The lowest BCUT2D eigenvalue weighted by Gasteiger charge is -2.31. The average Bonchev–Trinajstić information content (AvgIpc) is 2.83. The van der Waals surface area contributed by atoms with Crippen molar-refractivity contribution >= 4 is 55.8 Å². The first-order valence-electron chi connectivity index (χ1n) is 5.91. The molecular formula is C12H15BrINO2S. The Balaban J connectivity index is 1.84. The number of likely N-dealkylation sites (tertiary alicyclic amines) is 1. The van der Waals surface area contributed by atoms with E-state index >= 15 is 0 Å². The number of carbonyl (C=O) groups excluding carboxylic acids is 1. The van der Waals surface area contributed by atoms with E-state index in [-0.39, 0.29) is 5.91 Å². The zero-order chi connectivity index (χ0) is 13.0. The largest absolute Gasteiger partial charge is 0.377 e. The smallest absolute Gasteiger partial charge is 0.254 e. The average molecular weight is 444 g/mol. The molecule has 0 aliphatic carbocycles. The lowest BCUT2D eigenvalue weighted by atomic mass is 10.1. The summed E-state index contributed by atoms with van der Waals surface area (Å²) < 4.78 is 6.84. The van der Waals surface area contributed by atoms with E-state index in [0.717, 1.165) is 46.3 Å². The lowest BCUT2D eigenvalue weighted by molar-refractivity contribution is 0.0160. The van der Waals surface area contributed by atoms with Crippen molar-refractivity contribution in [2.75, 3.05) is 25.0 Å². The molecule has 0 aromatic carbocycles. The summed E-state index contributed by atoms with van der Waals surface area (Å²) >= 11 is 7.22. The Morgan fingerprint density at radius 2 is 2.28 bits per heavy atom. The van der Waals surface area contributed by atoms with E-state index in [1.807, 2.05) is 16.3 Å². The summed E-state index contributed by atoms with van der Waals surface area (Å²) in [4.78, 5) is 14.2. The fraction of sp³-hybridized carbons (Fsp3) is 0.583. The second kappa shape index (κ2) is 7.21. The van der Waals surface area contributed by atoms with Gasteiger partial charge in [0.05, 0.1) is 21.2 Å². The van der Waals surface area contributed by atoms with Crippen LogP contribution in [0.3, 0.4) is 0 Å². The van der Waals surface area contributed by atoms with Crippen LogP contribution in [-0.2, 0) is 4.74 Å². The van der Waals surface area contributed by atoms with E-state index < -0.39 is 0 Å². The van der Waals surface area contributed by atoms with Gasteiger partial charge in [0.2, 0.25) is 0 Å². The number of thiophene rings is 1. The molecule has 1 aromatic rings. The van der Waals surface area contributed by atoms with Gasteiger partial charge >= 0.3 is 0 Å². The number of ether oxygens (including phenoxy) is 1. The SMILES string of the molecule is O=C(c1csc(I)c1)N1CCC(OCCBr)CC1. The Kier molecular flexibility index (Phi) is 5.91. The number of rotatable bonds is 4. The number of halogens is 2. The molecule has 1 aromatic heterocycles. The second-order valence-corrected chi connectivity index (χ2v) is 7.79. The van der Waals surface area contributed by atoms with Crippen LogP contribution in [0.15, 0.2) is 11.4 Å². The molecule has 0 unspecified atom stereocenters. The van der Waals surface area contributed by atoms with Crippen molar-refractivity contribution in [3.8, 4) is 0 Å². The lowest BCUT2D eigenvalue weighted by Crippen LogP contribution is -2.40. The van der Waals surface area contributed by atoms with Gasteiger partial charge in [-0.25, -0.2) is 0 Å². The molecule has 1 amide bonds. The number of amides is 1. The fourth-order valence-electron chi connectivity index (χ4n) is 2.04. The highest BCUT2D eigenvalue weighted by atomic mass is 127. The van der Waals surface area contributed by atoms with Crippen LogP contribution in [0, 0.1) is 2.88 Å². The summed E-state index contributed by atoms with van der Waals surface area (Å²) in [5.41, 5.74) is 0.823. The molecule has 0 radical (unpaired) electrons. The van der Waals surface area contributed by atoms with Crippen LogP contribution in [0.2, 0.25) is 0 Å². The monoisotopic (exact) mass is 443 g/mol. The van der Waals surface area contributed by atoms with E-state index in [9.17, 15) is 4.79 Å². The van der Waals surface area contributed by atoms with Crippen molar-refractivity contribution in [3.05, 3.63) is 19.9 Å². The molecule has 0 saturated carbocycles. The summed E-state index contributed by atoms with van der Waals surface area (Å²) in [6.07, 6.45) is 2.20. The molecular weight excluding hydrogens is 429 g/mol. The minimum atomic E-state index is 0.160. The van der Waals surface area contributed by atoms with Crippen LogP contribution in [0.5, 0.6) is 0 Å². The topological polar surface area (TPSA) is 29.5 Å². The number of nitrogens with zero attached hydrogens (tertiary/aromatic N) is 1. The Morgan fingerprint density at radius 1 is 1.56 bits per heavy atom. The Bertz CT molecular complexity index is 405. The van der Waals surface area contributed by atoms with Crippen molar-refractivity contribution in [3.63, 3.8) is 0 Å². The maximum Gasteiger partial charge on any atom is 0.254 e. The summed E-state index contributed by atoms with van der Waals surface area (Å²) in [6, 6.07) is 1.96. The van der Waals surface area contributed by atoms with Gasteiger partial charge in [0.25, 0.3) is 5.91 Å². The number of carbonyl (C=O) groups is 1. The first kappa shape index (κ1) is 14.7. The zero-order valence-electron chi connectivity index (χ0n) is 9.90. The zero-order valence-corrected chi connectivity index (χ0v) is 14.5. The maximum absolute atomic E-state index is 12.2. The molecule has 3 nitrogen and oxygen atoms in total. The fourth-order valence-corrected chi connectivity index (χ4v) is 3.55. The Hall–Kier alpha value is 0.340. The molecule has 0 bridgehead atoms. The van der Waals surface area contributed by atoms with Crippen molar-refractivity contribution in [2.24, 2.45) is 0 Å². The van der Waals surface area contributed by atoms with E-state index in [1.54, 1.807) is 11.3 Å². The predicted molar refractivity (Wildman–Crippen MR) is 85.7 cm³/mol. The standard InChI is InChI=1S/C12H15BrINO2S/c13-3-6-17-10-1-4-15(5-2-10)12(16)9-7-11(14)18-8-9/h7-8,10H,1-6H2. The van der Waals surface area contributed by atoms with Gasteiger partial charge < -0.3 is 9.64 Å². The molecule has 2 heterocycles. The minimum Gasteiger partial charge on any atom is -0.377 e. The van der Waals surface area contributed by atoms with Gasteiger partial charge in [-0.2, -0.15) is 0 Å². The van der Waals surface area contributed by atoms with Crippen LogP contribution in [0.25, 0.3) is 0 Å². The highest BCUT2D eigenvalue weighted by molar-refractivity contribution is 14.1. The number of piperidine rings is 1. The molecule has 18 heavy (non-hydrogen) atoms. The quantitative estimate of drug-likeness (QED) is 0.527. The molecule has 100 valence electrons. The van der Waals surface area contributed by atoms with Crippen LogP contribution in [0.4, 0.5) is 0 Å². The number of hydrogen-bond acceptors (Lipinski definition) is 3. The third-order valence-corrected chi connectivity index (χ3v) is 5.09. The van der Waals surface area contributed by atoms with E-state index in [1.165, 1.54) is 0 Å². The summed E-state index contributed by atoms with van der Waals surface area (Å²) in [7, 11) is 0. The highest BCUT2D eigenvalue weighted by Crippen LogP contribution is 2.21. The van der Waals surface area contributed by atoms with Gasteiger partial charge in [-0.05, 0) is 41.5 Å². The second-order valence-electron chi connectivity index (χ2n) is 4.19. The van der Waals surface area contributed by atoms with Crippen LogP contribution in [-0.4, -0.2) is 41.9 Å². The van der Waals surface area contributed by atoms with Crippen molar-refractivity contribution < 1.29 is 9.53 Å². The molecule has 0 N–H and O–H groups in total. The predicted octanol–water partition coefficient (Wildman–Crippen LogP) is 3.37. The third-order valence-electron chi connectivity index (χ3n) is 2.97. The highest BCUT2D eigenvalue weighted by Gasteiger charge is 2.24. The van der Waals surface area contributed by atoms with E-state index in [2.05, 4.69) is 38.5 Å². The number of alkyl halides is 1. The molecule has 2 rings (SSSR count). The van der Waals surface area contributed by atoms with Crippen molar-refractivity contribution in [1.82, 2.24) is 4.90 Å². The molecule has 0 atom stereocenters. The first-order chi connectivity index (χ1) is 8.70. The summed E-state index contributed by atoms with van der Waals surface area (Å²) in [5, 5.41) is 2.82. The Morgan fingerprint density at radius 3 is 2.83 bits per heavy atom. The van der Waals surface area contributed by atoms with Crippen LogP contribution in [0.1, 0.15) is 23.2 Å². The molecule has 1 saturated heterocycles. The molecule has 1 fully saturated rings. The summed E-state index contributed by atoms with van der Waals surface area (Å²) in [6.45, 7) is 2.36. The third kappa shape index (κ3) is 3.91. The molecule has 1 aliphatic rings. The van der Waals surface area contributed by atoms with Gasteiger partial charge in [-0.15, -0.1) is 11.3 Å². The first-order valence-corrected chi connectivity index (χ1v) is 8.99. The van der Waals surface area contributed by atoms with Crippen molar-refractivity contribution in [1.29, 1.82) is 0 Å². The maximum atomic E-state index is 12.2. The number of hydrogen-bond donors (Lipinski definition) is 0. The van der Waals surface area contributed by atoms with Gasteiger partial charge in [0.15, 0.2) is 0 Å². The minimum absolute atomic E-state index is 0.160. The van der Waals surface area contributed by atoms with E-state index in [0.29, 0.717) is 6.10 Å². The molecule has 1 aliphatic heterocycles. The van der Waals surface area contributed by atoms with Gasteiger partial charge in [0, 0.05) is 23.8 Å². The summed E-state index contributed by atoms with van der Waals surface area (Å²) in [5.74, 6) is 0.160. The van der Waals surface area contributed by atoms with E-state index in [4.69, 9.17) is 4.74 Å². The van der Waals surface area contributed by atoms with Gasteiger partial charge in [-0.3, -0.25) is 4.79 Å². The Labute approximate surface area is 133 Å². The van der Waals surface area contributed by atoms with Crippen molar-refractivity contribution in [2.45, 2.75) is 18.9 Å². The molecule has 6 heteroatoms. The van der Waals surface area contributed by atoms with Crippen LogP contribution < -0.4 is 0 Å². The van der Waals surface area contributed by atoms with Gasteiger partial charge in [0.1, 0.15) is 0 Å². The van der Waals surface area contributed by atoms with Crippen LogP contribution >= 0.6 is 49.9 Å². The normalized spacial score (nSPS) is 17.1. The molecule has 0 spiro atoms. The van der Waals surface area contributed by atoms with Gasteiger partial charge in [-0.1, -0.05) is 15.9 Å².